The van der Waals surface area contributed by atoms with E-state index in [1.807, 2.05) is 0 Å². The molecule has 0 saturated carbocycles. The molecule has 1 aliphatic rings. The van der Waals surface area contributed by atoms with Gasteiger partial charge in [0.1, 0.15) is 0 Å². The van der Waals surface area contributed by atoms with Gasteiger partial charge in [0.15, 0.2) is 9.84 Å². The fraction of sp³-hybridized carbons (Fsp3) is 0.632. The van der Waals surface area contributed by atoms with Gasteiger partial charge in [-0.05, 0) is 35.3 Å². The molecule has 1 saturated heterocycles. The van der Waals surface area contributed by atoms with Gasteiger partial charge in [-0.3, -0.25) is 4.79 Å². The first-order chi connectivity index (χ1) is 11.2. The number of hydrogen-bond donors (Lipinski definition) is 1. The van der Waals surface area contributed by atoms with Crippen molar-refractivity contribution in [2.24, 2.45) is 5.92 Å². The molecule has 2 atom stereocenters. The van der Waals surface area contributed by atoms with Gasteiger partial charge in [0.2, 0.25) is 5.91 Å². The molecule has 1 aromatic rings. The second kappa shape index (κ2) is 7.68. The van der Waals surface area contributed by atoms with Crippen LogP contribution in [0.5, 0.6) is 0 Å². The highest BCUT2D eigenvalue weighted by molar-refractivity contribution is 7.91. The fourth-order valence-electron chi connectivity index (χ4n) is 3.26. The van der Waals surface area contributed by atoms with Crippen molar-refractivity contribution in [1.29, 1.82) is 0 Å². The van der Waals surface area contributed by atoms with Gasteiger partial charge in [-0.2, -0.15) is 0 Å². The lowest BCUT2D eigenvalue weighted by molar-refractivity contribution is -0.122. The lowest BCUT2D eigenvalue weighted by Crippen LogP contribution is -2.36. The van der Waals surface area contributed by atoms with Crippen molar-refractivity contribution in [3.63, 3.8) is 0 Å². The zero-order valence-corrected chi connectivity index (χ0v) is 15.9. The number of carbonyl (C=O) groups is 1. The summed E-state index contributed by atoms with van der Waals surface area (Å²) in [5.41, 5.74) is 2.46. The summed E-state index contributed by atoms with van der Waals surface area (Å²) in [5.74, 6) is 1.18. The zero-order valence-electron chi connectivity index (χ0n) is 15.1. The summed E-state index contributed by atoms with van der Waals surface area (Å²) in [4.78, 5) is 12.4. The van der Waals surface area contributed by atoms with E-state index in [1.54, 1.807) is 0 Å². The van der Waals surface area contributed by atoms with E-state index in [0.29, 0.717) is 24.7 Å². The molecule has 0 aliphatic carbocycles. The Morgan fingerprint density at radius 1 is 1.12 bits per heavy atom. The van der Waals surface area contributed by atoms with Crippen LogP contribution in [0, 0.1) is 5.92 Å². The highest BCUT2D eigenvalue weighted by Crippen LogP contribution is 2.29. The molecule has 134 valence electrons. The second-order valence-corrected chi connectivity index (χ2v) is 9.77. The monoisotopic (exact) mass is 351 g/mol. The van der Waals surface area contributed by atoms with Crippen molar-refractivity contribution < 1.29 is 13.2 Å². The highest BCUT2D eigenvalue weighted by atomic mass is 32.2. The standard InChI is InChI=1S/C19H29NO3S/c1-13(2)15-5-7-16(8-6-15)18(14(3)4)11-19(21)20-17-9-10-24(22,23)12-17/h5-8,13-14,17-18H,9-12H2,1-4H3,(H,20,21). The fourth-order valence-corrected chi connectivity index (χ4v) is 4.94. The van der Waals surface area contributed by atoms with Crippen molar-refractivity contribution in [3.8, 4) is 0 Å². The van der Waals surface area contributed by atoms with Crippen LogP contribution in [0.1, 0.15) is 63.5 Å². The quantitative estimate of drug-likeness (QED) is 0.856. The van der Waals surface area contributed by atoms with Gasteiger partial charge in [0.05, 0.1) is 11.5 Å². The van der Waals surface area contributed by atoms with Gasteiger partial charge in [-0.15, -0.1) is 0 Å². The summed E-state index contributed by atoms with van der Waals surface area (Å²) in [6, 6.07) is 8.28. The minimum Gasteiger partial charge on any atom is -0.352 e. The lowest BCUT2D eigenvalue weighted by Gasteiger charge is -2.22. The minimum absolute atomic E-state index is 0.0521. The largest absolute Gasteiger partial charge is 0.352 e. The molecule has 1 aromatic carbocycles. The molecule has 1 heterocycles. The number of carbonyl (C=O) groups excluding carboxylic acids is 1. The van der Waals surface area contributed by atoms with Crippen molar-refractivity contribution >= 4 is 15.7 Å². The molecular formula is C19H29NO3S. The van der Waals surface area contributed by atoms with Gasteiger partial charge >= 0.3 is 0 Å². The third kappa shape index (κ3) is 5.07. The van der Waals surface area contributed by atoms with E-state index >= 15 is 0 Å². The van der Waals surface area contributed by atoms with Crippen molar-refractivity contribution in [1.82, 2.24) is 5.32 Å². The van der Waals surface area contributed by atoms with Crippen molar-refractivity contribution in [2.75, 3.05) is 11.5 Å². The van der Waals surface area contributed by atoms with E-state index in [1.165, 1.54) is 11.1 Å². The SMILES string of the molecule is CC(C)c1ccc(C(CC(=O)NC2CCS(=O)(=O)C2)C(C)C)cc1. The van der Waals surface area contributed by atoms with Gasteiger partial charge in [0, 0.05) is 12.5 Å². The summed E-state index contributed by atoms with van der Waals surface area (Å²) < 4.78 is 23.0. The Hall–Kier alpha value is -1.36. The number of hydrogen-bond acceptors (Lipinski definition) is 3. The molecule has 1 aliphatic heterocycles. The molecule has 0 radical (unpaired) electrons. The third-order valence-corrected chi connectivity index (χ3v) is 6.61. The molecule has 0 aromatic heterocycles. The minimum atomic E-state index is -2.97. The lowest BCUT2D eigenvalue weighted by atomic mass is 9.84. The molecule has 1 fully saturated rings. The van der Waals surface area contributed by atoms with Gasteiger partial charge in [-0.1, -0.05) is 52.0 Å². The van der Waals surface area contributed by atoms with Crippen LogP contribution in [0.15, 0.2) is 24.3 Å². The number of rotatable bonds is 6. The number of nitrogens with one attached hydrogen (secondary N) is 1. The molecule has 4 nitrogen and oxygen atoms in total. The maximum Gasteiger partial charge on any atom is 0.220 e. The Morgan fingerprint density at radius 2 is 1.71 bits per heavy atom. The molecule has 24 heavy (non-hydrogen) atoms. The van der Waals surface area contributed by atoms with E-state index in [0.717, 1.165) is 0 Å². The Bertz CT molecular complexity index is 662. The smallest absolute Gasteiger partial charge is 0.220 e. The van der Waals surface area contributed by atoms with Crippen LogP contribution in [-0.4, -0.2) is 31.9 Å². The average Bonchev–Trinajstić information content (AvgIpc) is 2.83. The third-order valence-electron chi connectivity index (χ3n) is 4.84. The summed E-state index contributed by atoms with van der Waals surface area (Å²) in [7, 11) is -2.97. The second-order valence-electron chi connectivity index (χ2n) is 7.54. The van der Waals surface area contributed by atoms with E-state index in [4.69, 9.17) is 0 Å². The van der Waals surface area contributed by atoms with Gasteiger partial charge in [-0.25, -0.2) is 8.42 Å². The van der Waals surface area contributed by atoms with Crippen LogP contribution in [0.4, 0.5) is 0 Å². The van der Waals surface area contributed by atoms with Crippen LogP contribution in [-0.2, 0) is 14.6 Å². The Kier molecular flexibility index (Phi) is 6.07. The first-order valence-corrected chi connectivity index (χ1v) is 10.6. The molecule has 1 N–H and O–H groups in total. The maximum atomic E-state index is 12.4. The predicted molar refractivity (Wildman–Crippen MR) is 97.9 cm³/mol. The van der Waals surface area contributed by atoms with Crippen LogP contribution < -0.4 is 5.32 Å². The predicted octanol–water partition coefficient (Wildman–Crippen LogP) is 3.24. The van der Waals surface area contributed by atoms with Crippen LogP contribution >= 0.6 is 0 Å². The molecule has 0 spiro atoms. The Balaban J connectivity index is 2.01. The number of sulfone groups is 1. The van der Waals surface area contributed by atoms with E-state index < -0.39 is 9.84 Å². The molecule has 5 heteroatoms. The van der Waals surface area contributed by atoms with Crippen LogP contribution in [0.3, 0.4) is 0 Å². The topological polar surface area (TPSA) is 63.2 Å². The first-order valence-electron chi connectivity index (χ1n) is 8.77. The van der Waals surface area contributed by atoms with Gasteiger partial charge in [0.25, 0.3) is 0 Å². The molecule has 2 rings (SSSR count). The normalized spacial score (nSPS) is 21.2. The molecule has 0 bridgehead atoms. The highest BCUT2D eigenvalue weighted by Gasteiger charge is 2.29. The van der Waals surface area contributed by atoms with Crippen molar-refractivity contribution in [2.45, 2.75) is 58.4 Å². The molecule has 1 amide bonds. The van der Waals surface area contributed by atoms with E-state index in [-0.39, 0.29) is 29.4 Å². The number of benzene rings is 1. The Morgan fingerprint density at radius 3 is 2.17 bits per heavy atom. The first kappa shape index (κ1) is 19.0. The van der Waals surface area contributed by atoms with E-state index in [2.05, 4.69) is 57.3 Å². The van der Waals surface area contributed by atoms with Gasteiger partial charge < -0.3 is 5.32 Å². The zero-order chi connectivity index (χ0) is 17.9. The van der Waals surface area contributed by atoms with Crippen molar-refractivity contribution in [3.05, 3.63) is 35.4 Å². The van der Waals surface area contributed by atoms with Crippen LogP contribution in [0.2, 0.25) is 0 Å². The molecule has 2 unspecified atom stereocenters. The van der Waals surface area contributed by atoms with E-state index in [9.17, 15) is 13.2 Å². The maximum absolute atomic E-state index is 12.4. The number of amides is 1. The summed E-state index contributed by atoms with van der Waals surface area (Å²) >= 11 is 0. The molecular weight excluding hydrogens is 322 g/mol. The summed E-state index contributed by atoms with van der Waals surface area (Å²) in [6.07, 6.45) is 0.929. The van der Waals surface area contributed by atoms with Crippen LogP contribution in [0.25, 0.3) is 0 Å². The summed E-state index contributed by atoms with van der Waals surface area (Å²) in [5, 5.41) is 2.90. The summed E-state index contributed by atoms with van der Waals surface area (Å²) in [6.45, 7) is 8.57. The average molecular weight is 352 g/mol. The Labute approximate surface area is 146 Å².